The van der Waals surface area contributed by atoms with E-state index in [2.05, 4.69) is 57.3 Å². The average Bonchev–Trinajstić information content (AvgIpc) is 2.35. The highest BCUT2D eigenvalue weighted by atomic mass is 16.3. The second-order valence-corrected chi connectivity index (χ2v) is 5.52. The van der Waals surface area contributed by atoms with Gasteiger partial charge in [0.05, 0.1) is 6.61 Å². The first-order valence-electron chi connectivity index (χ1n) is 7.02. The lowest BCUT2D eigenvalue weighted by atomic mass is 9.99. The summed E-state index contributed by atoms with van der Waals surface area (Å²) in [5, 5.41) is 12.6. The highest BCUT2D eigenvalue weighted by molar-refractivity contribution is 5.25. The Balaban J connectivity index is 2.61. The van der Waals surface area contributed by atoms with Crippen molar-refractivity contribution in [3.05, 3.63) is 35.4 Å². The van der Waals surface area contributed by atoms with Crippen molar-refractivity contribution in [2.75, 3.05) is 6.61 Å². The maximum Gasteiger partial charge on any atom is 0.0584 e. The summed E-state index contributed by atoms with van der Waals surface area (Å²) in [5.74, 6) is 0.699. The second-order valence-electron chi connectivity index (χ2n) is 5.52. The van der Waals surface area contributed by atoms with Crippen LogP contribution < -0.4 is 5.32 Å². The van der Waals surface area contributed by atoms with Crippen LogP contribution in [-0.4, -0.2) is 17.8 Å². The van der Waals surface area contributed by atoms with Gasteiger partial charge in [0.1, 0.15) is 0 Å². The third-order valence-electron chi connectivity index (χ3n) is 3.32. The summed E-state index contributed by atoms with van der Waals surface area (Å²) in [6, 6.07) is 9.30. The number of rotatable bonds is 7. The Morgan fingerprint density at radius 3 is 2.17 bits per heavy atom. The minimum atomic E-state index is 0.190. The van der Waals surface area contributed by atoms with E-state index in [1.807, 2.05) is 0 Å². The van der Waals surface area contributed by atoms with Crippen molar-refractivity contribution in [1.29, 1.82) is 0 Å². The van der Waals surface area contributed by atoms with Crippen LogP contribution in [0.15, 0.2) is 24.3 Å². The third kappa shape index (κ3) is 4.79. The summed E-state index contributed by atoms with van der Waals surface area (Å²) in [7, 11) is 0. The van der Waals surface area contributed by atoms with Crippen LogP contribution in [-0.2, 0) is 6.42 Å². The van der Waals surface area contributed by atoms with Gasteiger partial charge in [-0.2, -0.15) is 0 Å². The van der Waals surface area contributed by atoms with Crippen molar-refractivity contribution in [2.24, 2.45) is 5.92 Å². The average molecular weight is 249 g/mol. The van der Waals surface area contributed by atoms with Gasteiger partial charge in [-0.15, -0.1) is 0 Å². The van der Waals surface area contributed by atoms with Gasteiger partial charge in [-0.3, -0.25) is 0 Å². The Bertz CT molecular complexity index is 327. The van der Waals surface area contributed by atoms with Crippen molar-refractivity contribution in [2.45, 2.75) is 52.6 Å². The molecule has 0 bridgehead atoms. The lowest BCUT2D eigenvalue weighted by Gasteiger charge is -2.21. The first-order valence-corrected chi connectivity index (χ1v) is 7.02. The summed E-state index contributed by atoms with van der Waals surface area (Å²) in [5.41, 5.74) is 2.68. The molecule has 0 saturated heterocycles. The molecule has 2 atom stereocenters. The normalized spacial score (nSPS) is 14.8. The summed E-state index contributed by atoms with van der Waals surface area (Å²) in [6.07, 6.45) is 2.09. The molecule has 1 unspecified atom stereocenters. The number of benzene rings is 1. The zero-order chi connectivity index (χ0) is 13.5. The maximum atomic E-state index is 9.20. The molecule has 0 fully saturated rings. The monoisotopic (exact) mass is 249 g/mol. The second kappa shape index (κ2) is 7.55. The van der Waals surface area contributed by atoms with E-state index in [4.69, 9.17) is 0 Å². The predicted octanol–water partition coefficient (Wildman–Crippen LogP) is 3.31. The topological polar surface area (TPSA) is 32.3 Å². The molecule has 1 aromatic carbocycles. The predicted molar refractivity (Wildman–Crippen MR) is 77.7 cm³/mol. The highest BCUT2D eigenvalue weighted by Crippen LogP contribution is 2.16. The molecule has 0 amide bonds. The Labute approximate surface area is 111 Å². The molecule has 2 nitrogen and oxygen atoms in total. The molecule has 0 spiro atoms. The van der Waals surface area contributed by atoms with Gasteiger partial charge in [0.15, 0.2) is 0 Å². The van der Waals surface area contributed by atoms with Gasteiger partial charge in [0.25, 0.3) is 0 Å². The molecule has 18 heavy (non-hydrogen) atoms. The number of aliphatic hydroxyl groups excluding tert-OH is 1. The Kier molecular flexibility index (Phi) is 6.37. The van der Waals surface area contributed by atoms with Crippen LogP contribution in [0.4, 0.5) is 0 Å². The minimum Gasteiger partial charge on any atom is -0.395 e. The fourth-order valence-corrected chi connectivity index (χ4v) is 2.16. The quantitative estimate of drug-likeness (QED) is 0.777. The molecular weight excluding hydrogens is 222 g/mol. The molecule has 0 aliphatic heterocycles. The van der Waals surface area contributed by atoms with E-state index in [1.165, 1.54) is 11.1 Å². The van der Waals surface area contributed by atoms with Crippen molar-refractivity contribution in [3.63, 3.8) is 0 Å². The van der Waals surface area contributed by atoms with Crippen molar-refractivity contribution >= 4 is 0 Å². The zero-order valence-electron chi connectivity index (χ0n) is 12.1. The van der Waals surface area contributed by atoms with Gasteiger partial charge in [-0.1, -0.05) is 45.0 Å². The third-order valence-corrected chi connectivity index (χ3v) is 3.32. The van der Waals surface area contributed by atoms with Gasteiger partial charge in [0.2, 0.25) is 0 Å². The molecule has 1 rings (SSSR count). The standard InChI is InChI=1S/C16H27NO/c1-5-16(11-18)17-13(4)15-8-6-14(7-9-15)10-12(2)3/h6-9,12-13,16-18H,5,10-11H2,1-4H3/t13?,16-/m0/s1. The van der Waals surface area contributed by atoms with Crippen LogP contribution in [0, 0.1) is 5.92 Å². The van der Waals surface area contributed by atoms with E-state index in [-0.39, 0.29) is 18.7 Å². The molecule has 0 aromatic heterocycles. The number of hydrogen-bond donors (Lipinski definition) is 2. The SMILES string of the molecule is CC[C@@H](CO)NC(C)c1ccc(CC(C)C)cc1. The molecule has 0 aliphatic carbocycles. The lowest BCUT2D eigenvalue weighted by molar-refractivity contribution is 0.230. The molecule has 102 valence electrons. The van der Waals surface area contributed by atoms with Crippen molar-refractivity contribution in [1.82, 2.24) is 5.32 Å². The van der Waals surface area contributed by atoms with Crippen molar-refractivity contribution < 1.29 is 5.11 Å². The fourth-order valence-electron chi connectivity index (χ4n) is 2.16. The van der Waals surface area contributed by atoms with Gasteiger partial charge >= 0.3 is 0 Å². The van der Waals surface area contributed by atoms with E-state index in [0.717, 1.165) is 12.8 Å². The zero-order valence-corrected chi connectivity index (χ0v) is 12.1. The smallest absolute Gasteiger partial charge is 0.0584 e. The first-order chi connectivity index (χ1) is 8.56. The van der Waals surface area contributed by atoms with Gasteiger partial charge in [-0.05, 0) is 36.8 Å². The van der Waals surface area contributed by atoms with Crippen LogP contribution in [0.1, 0.15) is 51.3 Å². The van der Waals surface area contributed by atoms with Crippen LogP contribution in [0.2, 0.25) is 0 Å². The van der Waals surface area contributed by atoms with E-state index in [0.29, 0.717) is 5.92 Å². The van der Waals surface area contributed by atoms with Gasteiger partial charge in [0, 0.05) is 12.1 Å². The largest absolute Gasteiger partial charge is 0.395 e. The summed E-state index contributed by atoms with van der Waals surface area (Å²) < 4.78 is 0. The van der Waals surface area contributed by atoms with Crippen molar-refractivity contribution in [3.8, 4) is 0 Å². The Morgan fingerprint density at radius 1 is 1.11 bits per heavy atom. The number of nitrogens with one attached hydrogen (secondary N) is 1. The van der Waals surface area contributed by atoms with E-state index >= 15 is 0 Å². The lowest BCUT2D eigenvalue weighted by Crippen LogP contribution is -2.33. The Morgan fingerprint density at radius 2 is 1.72 bits per heavy atom. The van der Waals surface area contributed by atoms with Crippen LogP contribution in [0.25, 0.3) is 0 Å². The Hall–Kier alpha value is -0.860. The maximum absolute atomic E-state index is 9.20. The molecular formula is C16H27NO. The highest BCUT2D eigenvalue weighted by Gasteiger charge is 2.10. The summed E-state index contributed by atoms with van der Waals surface area (Å²) in [4.78, 5) is 0. The molecule has 0 heterocycles. The number of hydrogen-bond acceptors (Lipinski definition) is 2. The van der Waals surface area contributed by atoms with Gasteiger partial charge in [-0.25, -0.2) is 0 Å². The number of aliphatic hydroxyl groups is 1. The summed E-state index contributed by atoms with van der Waals surface area (Å²) in [6.45, 7) is 8.92. The van der Waals surface area contributed by atoms with Crippen LogP contribution in [0.3, 0.4) is 0 Å². The van der Waals surface area contributed by atoms with E-state index in [1.54, 1.807) is 0 Å². The molecule has 0 saturated carbocycles. The van der Waals surface area contributed by atoms with E-state index in [9.17, 15) is 5.11 Å². The van der Waals surface area contributed by atoms with Gasteiger partial charge < -0.3 is 10.4 Å². The van der Waals surface area contributed by atoms with Crippen LogP contribution in [0.5, 0.6) is 0 Å². The van der Waals surface area contributed by atoms with Crippen LogP contribution >= 0.6 is 0 Å². The molecule has 0 aliphatic rings. The molecule has 2 N–H and O–H groups in total. The van der Waals surface area contributed by atoms with E-state index < -0.39 is 0 Å². The molecule has 2 heteroatoms. The summed E-state index contributed by atoms with van der Waals surface area (Å²) >= 11 is 0. The molecule has 1 aromatic rings. The fraction of sp³-hybridized carbons (Fsp3) is 0.625. The molecule has 0 radical (unpaired) electrons. The minimum absolute atomic E-state index is 0.190. The first kappa shape index (κ1) is 15.2.